The third-order valence-corrected chi connectivity index (χ3v) is 5.59. The number of thioether (sulfide) groups is 1. The number of rotatable bonds is 4. The Balaban J connectivity index is 1.54. The lowest BCUT2D eigenvalue weighted by Gasteiger charge is -2.29. The highest BCUT2D eigenvalue weighted by atomic mass is 32.2. The molecule has 0 fully saturated rings. The first kappa shape index (κ1) is 18.4. The molecule has 2 aromatic heterocycles. The van der Waals surface area contributed by atoms with E-state index in [-0.39, 0.29) is 17.3 Å². The summed E-state index contributed by atoms with van der Waals surface area (Å²) in [6.45, 7) is 4.38. The Kier molecular flexibility index (Phi) is 4.71. The maximum atomic E-state index is 12.8. The van der Waals surface area contributed by atoms with Gasteiger partial charge in [0.25, 0.3) is 5.69 Å². The average Bonchev–Trinajstić information content (AvgIpc) is 3.08. The summed E-state index contributed by atoms with van der Waals surface area (Å²) >= 11 is 1.31. The highest BCUT2D eigenvalue weighted by Gasteiger charge is 2.25. The van der Waals surface area contributed by atoms with Crippen LogP contribution in [0.15, 0.2) is 29.4 Å². The van der Waals surface area contributed by atoms with Gasteiger partial charge in [-0.1, -0.05) is 11.8 Å². The number of carbonyl (C=O) groups excluding carboxylic acids is 1. The summed E-state index contributed by atoms with van der Waals surface area (Å²) in [6.07, 6.45) is 1.51. The minimum absolute atomic E-state index is 0.0515. The van der Waals surface area contributed by atoms with Crippen LogP contribution in [0.2, 0.25) is 0 Å². The number of anilines is 1. The molecule has 0 atom stereocenters. The third-order valence-electron chi connectivity index (χ3n) is 4.68. The first-order valence-electron chi connectivity index (χ1n) is 8.84. The van der Waals surface area contributed by atoms with Crippen LogP contribution in [0.5, 0.6) is 0 Å². The van der Waals surface area contributed by atoms with Gasteiger partial charge in [0.2, 0.25) is 5.91 Å². The molecule has 0 saturated carbocycles. The fraction of sp³-hybridized carbons (Fsp3) is 0.333. The van der Waals surface area contributed by atoms with Crippen LogP contribution in [-0.4, -0.2) is 42.7 Å². The third kappa shape index (κ3) is 3.31. The van der Waals surface area contributed by atoms with E-state index in [1.54, 1.807) is 17.0 Å². The number of nitro groups is 1. The van der Waals surface area contributed by atoms with Gasteiger partial charge in [-0.3, -0.25) is 19.3 Å². The Morgan fingerprint density at radius 2 is 2.11 bits per heavy atom. The second kappa shape index (κ2) is 7.19. The van der Waals surface area contributed by atoms with Crippen LogP contribution in [0.25, 0.3) is 5.65 Å². The van der Waals surface area contributed by atoms with Gasteiger partial charge < -0.3 is 4.90 Å². The number of hydrogen-bond donors (Lipinski definition) is 0. The molecule has 144 valence electrons. The van der Waals surface area contributed by atoms with Crippen LogP contribution in [0, 0.1) is 24.0 Å². The number of hydrogen-bond acceptors (Lipinski definition) is 7. The Bertz CT molecular complexity index is 1100. The molecular formula is C18H18N6O3S. The minimum Gasteiger partial charge on any atom is -0.311 e. The van der Waals surface area contributed by atoms with Crippen LogP contribution < -0.4 is 4.90 Å². The van der Waals surface area contributed by atoms with Crippen molar-refractivity contribution in [1.82, 2.24) is 19.6 Å². The molecule has 0 N–H and O–H groups in total. The minimum atomic E-state index is -0.411. The van der Waals surface area contributed by atoms with Crippen molar-refractivity contribution in [1.29, 1.82) is 0 Å². The second-order valence-electron chi connectivity index (χ2n) is 6.63. The number of amides is 1. The van der Waals surface area contributed by atoms with Crippen molar-refractivity contribution in [2.75, 3.05) is 17.2 Å². The molecule has 0 radical (unpaired) electrons. The molecule has 0 saturated heterocycles. The van der Waals surface area contributed by atoms with Crippen LogP contribution in [0.4, 0.5) is 11.4 Å². The standard InChI is InChI=1S/C18H18N6O3S/c1-11-8-16-20-21-18(23(16)12(2)19-11)28-10-17(25)22-7-3-4-13-9-14(24(26)27)5-6-15(13)22/h5-6,8-9H,3-4,7,10H2,1-2H3. The van der Waals surface area contributed by atoms with E-state index >= 15 is 0 Å². The maximum absolute atomic E-state index is 12.8. The van der Waals surface area contributed by atoms with Gasteiger partial charge in [-0.15, -0.1) is 10.2 Å². The number of nitrogens with zero attached hydrogens (tertiary/aromatic N) is 6. The predicted octanol–water partition coefficient (Wildman–Crippen LogP) is 2.72. The summed E-state index contributed by atoms with van der Waals surface area (Å²) in [5, 5.41) is 19.9. The molecule has 4 rings (SSSR count). The molecule has 1 amide bonds. The van der Waals surface area contributed by atoms with Gasteiger partial charge >= 0.3 is 0 Å². The molecule has 3 aromatic rings. The molecule has 1 aromatic carbocycles. The lowest BCUT2D eigenvalue weighted by atomic mass is 10.0. The summed E-state index contributed by atoms with van der Waals surface area (Å²) in [7, 11) is 0. The number of nitro benzene ring substituents is 1. The van der Waals surface area contributed by atoms with Crippen LogP contribution in [0.3, 0.4) is 0 Å². The number of benzene rings is 1. The van der Waals surface area contributed by atoms with E-state index in [0.717, 1.165) is 35.6 Å². The Hall–Kier alpha value is -3.01. The highest BCUT2D eigenvalue weighted by molar-refractivity contribution is 7.99. The van der Waals surface area contributed by atoms with Crippen LogP contribution in [-0.2, 0) is 11.2 Å². The van der Waals surface area contributed by atoms with Crippen LogP contribution in [0.1, 0.15) is 23.5 Å². The molecule has 0 unspecified atom stereocenters. The van der Waals surface area contributed by atoms with E-state index in [2.05, 4.69) is 15.2 Å². The first-order chi connectivity index (χ1) is 13.4. The zero-order valence-electron chi connectivity index (χ0n) is 15.5. The fourth-order valence-corrected chi connectivity index (χ4v) is 4.32. The van der Waals surface area contributed by atoms with Crippen molar-refractivity contribution < 1.29 is 9.72 Å². The number of aryl methyl sites for hydroxylation is 3. The Labute approximate surface area is 164 Å². The number of fused-ring (bicyclic) bond motifs is 2. The fourth-order valence-electron chi connectivity index (χ4n) is 3.46. The molecule has 0 spiro atoms. The largest absolute Gasteiger partial charge is 0.311 e. The molecule has 10 heteroatoms. The Morgan fingerprint density at radius 1 is 1.29 bits per heavy atom. The predicted molar refractivity (Wildman–Crippen MR) is 105 cm³/mol. The molecule has 1 aliphatic rings. The molecular weight excluding hydrogens is 380 g/mol. The van der Waals surface area contributed by atoms with Gasteiger partial charge in [-0.05, 0) is 38.3 Å². The van der Waals surface area contributed by atoms with E-state index < -0.39 is 4.92 Å². The maximum Gasteiger partial charge on any atom is 0.269 e. The van der Waals surface area contributed by atoms with E-state index in [9.17, 15) is 14.9 Å². The molecule has 0 bridgehead atoms. The molecule has 1 aliphatic heterocycles. The summed E-state index contributed by atoms with van der Waals surface area (Å²) in [5.41, 5.74) is 3.21. The quantitative estimate of drug-likeness (QED) is 0.378. The lowest BCUT2D eigenvalue weighted by Crippen LogP contribution is -2.36. The summed E-state index contributed by atoms with van der Waals surface area (Å²) < 4.78 is 1.83. The van der Waals surface area contributed by atoms with E-state index in [4.69, 9.17) is 0 Å². The molecule has 9 nitrogen and oxygen atoms in total. The monoisotopic (exact) mass is 398 g/mol. The molecule has 0 aliphatic carbocycles. The van der Waals surface area contributed by atoms with Crippen molar-refractivity contribution in [3.63, 3.8) is 0 Å². The van der Waals surface area contributed by atoms with Gasteiger partial charge in [-0.25, -0.2) is 4.98 Å². The second-order valence-corrected chi connectivity index (χ2v) is 7.57. The molecule has 28 heavy (non-hydrogen) atoms. The Morgan fingerprint density at radius 3 is 2.89 bits per heavy atom. The smallest absolute Gasteiger partial charge is 0.269 e. The van der Waals surface area contributed by atoms with Gasteiger partial charge in [0.15, 0.2) is 10.8 Å². The van der Waals surface area contributed by atoms with Crippen molar-refractivity contribution in [2.24, 2.45) is 0 Å². The zero-order valence-corrected chi connectivity index (χ0v) is 16.3. The van der Waals surface area contributed by atoms with Gasteiger partial charge in [0.05, 0.1) is 10.7 Å². The van der Waals surface area contributed by atoms with Gasteiger partial charge in [0.1, 0.15) is 5.82 Å². The lowest BCUT2D eigenvalue weighted by molar-refractivity contribution is -0.384. The highest BCUT2D eigenvalue weighted by Crippen LogP contribution is 2.31. The summed E-state index contributed by atoms with van der Waals surface area (Å²) in [4.78, 5) is 29.6. The van der Waals surface area contributed by atoms with E-state index in [0.29, 0.717) is 17.3 Å². The SMILES string of the molecule is Cc1cc2nnc(SCC(=O)N3CCCc4cc([N+](=O)[O-])ccc43)n2c(C)n1. The van der Waals surface area contributed by atoms with E-state index in [1.807, 2.05) is 24.3 Å². The topological polar surface area (TPSA) is 107 Å². The van der Waals surface area contributed by atoms with Crippen LogP contribution >= 0.6 is 11.8 Å². The summed E-state index contributed by atoms with van der Waals surface area (Å²) in [5.74, 6) is 0.907. The van der Waals surface area contributed by atoms with Gasteiger partial charge in [0, 0.05) is 36.1 Å². The van der Waals surface area contributed by atoms with Gasteiger partial charge in [-0.2, -0.15) is 0 Å². The number of non-ortho nitro benzene ring substituents is 1. The average molecular weight is 398 g/mol. The van der Waals surface area contributed by atoms with Crippen molar-refractivity contribution >= 4 is 34.7 Å². The number of aromatic nitrogens is 4. The first-order valence-corrected chi connectivity index (χ1v) is 9.82. The van der Waals surface area contributed by atoms with Crippen molar-refractivity contribution in [3.05, 3.63) is 51.5 Å². The van der Waals surface area contributed by atoms with Crippen molar-refractivity contribution in [2.45, 2.75) is 31.8 Å². The zero-order chi connectivity index (χ0) is 19.8. The number of carbonyl (C=O) groups is 1. The van der Waals surface area contributed by atoms with Crippen molar-refractivity contribution in [3.8, 4) is 0 Å². The summed E-state index contributed by atoms with van der Waals surface area (Å²) in [6, 6.07) is 6.52. The normalized spacial score (nSPS) is 13.6. The molecule has 3 heterocycles. The van der Waals surface area contributed by atoms with E-state index in [1.165, 1.54) is 17.8 Å².